The van der Waals surface area contributed by atoms with Gasteiger partial charge in [0.25, 0.3) is 5.91 Å². The lowest BCUT2D eigenvalue weighted by Gasteiger charge is -2.13. The number of carbonyl (C=O) groups is 1. The van der Waals surface area contributed by atoms with Gasteiger partial charge < -0.3 is 5.32 Å². The lowest BCUT2D eigenvalue weighted by Crippen LogP contribution is -2.31. The fourth-order valence-corrected chi connectivity index (χ4v) is 2.94. The van der Waals surface area contributed by atoms with Crippen LogP contribution in [-0.4, -0.2) is 26.5 Å². The zero-order valence-corrected chi connectivity index (χ0v) is 15.5. The number of hydrogen-bond donors (Lipinski definition) is 1. The minimum Gasteiger partial charge on any atom is -0.349 e. The molecule has 0 bridgehead atoms. The quantitative estimate of drug-likeness (QED) is 0.761. The van der Waals surface area contributed by atoms with Crippen LogP contribution in [0.1, 0.15) is 53.1 Å². The molecule has 0 saturated heterocycles. The molecule has 1 amide bonds. The summed E-state index contributed by atoms with van der Waals surface area (Å²) < 4.78 is 14.8. The summed E-state index contributed by atoms with van der Waals surface area (Å²) in [7, 11) is 0. The fourth-order valence-electron chi connectivity index (χ4n) is 2.94. The second-order valence-corrected chi connectivity index (χ2v) is 6.64. The highest BCUT2D eigenvalue weighted by molar-refractivity contribution is 5.99. The van der Waals surface area contributed by atoms with Gasteiger partial charge in [-0.2, -0.15) is 5.10 Å². The first kappa shape index (κ1) is 18.0. The van der Waals surface area contributed by atoms with Crippen molar-refractivity contribution in [2.45, 2.75) is 46.6 Å². The molecule has 0 saturated carbocycles. The van der Waals surface area contributed by atoms with E-state index in [-0.39, 0.29) is 17.8 Å². The molecule has 3 aromatic rings. The van der Waals surface area contributed by atoms with Crippen molar-refractivity contribution in [1.29, 1.82) is 0 Å². The van der Waals surface area contributed by atoms with Crippen molar-refractivity contribution in [3.8, 4) is 0 Å². The molecule has 0 radical (unpaired) electrons. The number of amides is 1. The number of halogens is 1. The van der Waals surface area contributed by atoms with Gasteiger partial charge in [0.1, 0.15) is 11.4 Å². The van der Waals surface area contributed by atoms with Crippen LogP contribution >= 0.6 is 0 Å². The molecule has 6 heteroatoms. The minimum atomic E-state index is -0.250. The van der Waals surface area contributed by atoms with E-state index in [2.05, 4.69) is 15.4 Å². The van der Waals surface area contributed by atoms with Crippen molar-refractivity contribution in [2.24, 2.45) is 0 Å². The van der Waals surface area contributed by atoms with Gasteiger partial charge in [-0.05, 0) is 50.5 Å². The molecule has 1 atom stereocenters. The average molecular weight is 354 g/mol. The van der Waals surface area contributed by atoms with Gasteiger partial charge in [-0.15, -0.1) is 0 Å². The second-order valence-electron chi connectivity index (χ2n) is 6.64. The molecule has 0 aliphatic heterocycles. The average Bonchev–Trinajstić information content (AvgIpc) is 3.04. The zero-order chi connectivity index (χ0) is 18.8. The first-order valence-electron chi connectivity index (χ1n) is 8.79. The Morgan fingerprint density at radius 3 is 2.62 bits per heavy atom. The smallest absolute Gasteiger partial charge is 0.256 e. The number of fused-ring (bicyclic) bond motifs is 1. The monoisotopic (exact) mass is 354 g/mol. The SMILES string of the molecule is CCC(C)NC(=O)c1cnn2c(C)c(Cc3ccc(F)cc3)c(C)nc12. The van der Waals surface area contributed by atoms with E-state index in [0.29, 0.717) is 17.6 Å². The molecule has 2 heterocycles. The molecule has 26 heavy (non-hydrogen) atoms. The number of benzene rings is 1. The van der Waals surface area contributed by atoms with E-state index in [1.54, 1.807) is 22.8 Å². The zero-order valence-electron chi connectivity index (χ0n) is 15.5. The molecule has 0 aliphatic rings. The van der Waals surface area contributed by atoms with E-state index >= 15 is 0 Å². The van der Waals surface area contributed by atoms with Gasteiger partial charge in [0.2, 0.25) is 0 Å². The van der Waals surface area contributed by atoms with Crippen molar-refractivity contribution in [2.75, 3.05) is 0 Å². The summed E-state index contributed by atoms with van der Waals surface area (Å²) >= 11 is 0. The van der Waals surface area contributed by atoms with E-state index in [1.807, 2.05) is 27.7 Å². The van der Waals surface area contributed by atoms with E-state index < -0.39 is 0 Å². The van der Waals surface area contributed by atoms with Crippen molar-refractivity contribution < 1.29 is 9.18 Å². The summed E-state index contributed by atoms with van der Waals surface area (Å²) in [5, 5.41) is 7.32. The molecule has 1 unspecified atom stereocenters. The number of nitrogens with one attached hydrogen (secondary N) is 1. The molecule has 0 fully saturated rings. The predicted octanol–water partition coefficient (Wildman–Crippen LogP) is 3.60. The number of hydrogen-bond acceptors (Lipinski definition) is 3. The van der Waals surface area contributed by atoms with Crippen LogP contribution in [0.5, 0.6) is 0 Å². The number of aryl methyl sites for hydroxylation is 2. The van der Waals surface area contributed by atoms with Gasteiger partial charge in [-0.25, -0.2) is 13.9 Å². The maximum absolute atomic E-state index is 13.1. The maximum Gasteiger partial charge on any atom is 0.256 e. The molecule has 0 aliphatic carbocycles. The van der Waals surface area contributed by atoms with E-state index in [4.69, 9.17) is 0 Å². The van der Waals surface area contributed by atoms with Crippen LogP contribution in [0.15, 0.2) is 30.5 Å². The Labute approximate surface area is 152 Å². The molecule has 3 rings (SSSR count). The Kier molecular flexibility index (Phi) is 5.02. The predicted molar refractivity (Wildman–Crippen MR) is 98.9 cm³/mol. The summed E-state index contributed by atoms with van der Waals surface area (Å²) in [6.07, 6.45) is 3.06. The van der Waals surface area contributed by atoms with Crippen LogP contribution in [0.25, 0.3) is 5.65 Å². The Balaban J connectivity index is 1.98. The molecular formula is C20H23FN4O. The van der Waals surface area contributed by atoms with Gasteiger partial charge in [-0.3, -0.25) is 4.79 Å². The number of rotatable bonds is 5. The highest BCUT2D eigenvalue weighted by atomic mass is 19.1. The topological polar surface area (TPSA) is 59.3 Å². The molecular weight excluding hydrogens is 331 g/mol. The second kappa shape index (κ2) is 7.23. The van der Waals surface area contributed by atoms with Gasteiger partial charge in [-0.1, -0.05) is 19.1 Å². The van der Waals surface area contributed by atoms with E-state index in [9.17, 15) is 9.18 Å². The minimum absolute atomic E-state index is 0.0948. The fraction of sp³-hybridized carbons (Fsp3) is 0.350. The summed E-state index contributed by atoms with van der Waals surface area (Å²) in [5.74, 6) is -0.410. The Morgan fingerprint density at radius 1 is 1.27 bits per heavy atom. The molecule has 1 aromatic carbocycles. The van der Waals surface area contributed by atoms with Crippen molar-refractivity contribution in [3.05, 3.63) is 64.4 Å². The van der Waals surface area contributed by atoms with Gasteiger partial charge in [0, 0.05) is 23.9 Å². The summed E-state index contributed by atoms with van der Waals surface area (Å²) in [6.45, 7) is 7.88. The first-order valence-corrected chi connectivity index (χ1v) is 8.79. The van der Waals surface area contributed by atoms with E-state index in [0.717, 1.165) is 28.9 Å². The Hall–Kier alpha value is -2.76. The van der Waals surface area contributed by atoms with Crippen molar-refractivity contribution in [3.63, 3.8) is 0 Å². The summed E-state index contributed by atoms with van der Waals surface area (Å²) in [4.78, 5) is 17.1. The molecule has 0 spiro atoms. The number of aromatic nitrogens is 3. The standard InChI is InChI=1S/C20H23FN4O/c1-5-12(2)23-20(26)18-11-22-25-14(4)17(13(3)24-19(18)25)10-15-6-8-16(21)9-7-15/h6-9,11-12H,5,10H2,1-4H3,(H,23,26). The number of nitrogens with zero attached hydrogens (tertiary/aromatic N) is 3. The van der Waals surface area contributed by atoms with Crippen LogP contribution in [0.2, 0.25) is 0 Å². The Morgan fingerprint density at radius 2 is 1.96 bits per heavy atom. The van der Waals surface area contributed by atoms with Crippen LogP contribution in [0.4, 0.5) is 4.39 Å². The Bertz CT molecular complexity index is 947. The van der Waals surface area contributed by atoms with Crippen molar-refractivity contribution in [1.82, 2.24) is 19.9 Å². The highest BCUT2D eigenvalue weighted by Gasteiger charge is 2.19. The molecule has 1 N–H and O–H groups in total. The summed E-state index contributed by atoms with van der Waals surface area (Å²) in [5.41, 5.74) is 4.84. The highest BCUT2D eigenvalue weighted by Crippen LogP contribution is 2.20. The lowest BCUT2D eigenvalue weighted by molar-refractivity contribution is 0.0940. The van der Waals surface area contributed by atoms with Crippen LogP contribution in [0.3, 0.4) is 0 Å². The third-order valence-corrected chi connectivity index (χ3v) is 4.74. The largest absolute Gasteiger partial charge is 0.349 e. The van der Waals surface area contributed by atoms with Gasteiger partial charge in [0.15, 0.2) is 5.65 Å². The molecule has 5 nitrogen and oxygen atoms in total. The van der Waals surface area contributed by atoms with Gasteiger partial charge in [0.05, 0.1) is 6.20 Å². The normalized spacial score (nSPS) is 12.3. The third-order valence-electron chi connectivity index (χ3n) is 4.74. The van der Waals surface area contributed by atoms with Gasteiger partial charge >= 0.3 is 0 Å². The molecule has 136 valence electrons. The summed E-state index contributed by atoms with van der Waals surface area (Å²) in [6, 6.07) is 6.55. The maximum atomic E-state index is 13.1. The third kappa shape index (κ3) is 3.45. The number of carbonyl (C=O) groups excluding carboxylic acids is 1. The van der Waals surface area contributed by atoms with E-state index in [1.165, 1.54) is 12.1 Å². The lowest BCUT2D eigenvalue weighted by atomic mass is 10.0. The van der Waals surface area contributed by atoms with Crippen LogP contribution in [0, 0.1) is 19.7 Å². The first-order chi connectivity index (χ1) is 12.4. The van der Waals surface area contributed by atoms with Crippen molar-refractivity contribution >= 4 is 11.6 Å². The van der Waals surface area contributed by atoms with Crippen LogP contribution < -0.4 is 5.32 Å². The van der Waals surface area contributed by atoms with Crippen LogP contribution in [-0.2, 0) is 6.42 Å². The molecule has 2 aromatic heterocycles.